The number of alkyl halides is 1. The molecule has 41 heavy (non-hydrogen) atoms. The van der Waals surface area contributed by atoms with Gasteiger partial charge in [0.2, 0.25) is 0 Å². The van der Waals surface area contributed by atoms with Crippen LogP contribution < -0.4 is 4.74 Å². The van der Waals surface area contributed by atoms with Gasteiger partial charge in [-0.1, -0.05) is 30.1 Å². The molecule has 1 N–H and O–H groups in total. The Labute approximate surface area is 251 Å². The van der Waals surface area contributed by atoms with Crippen LogP contribution in [-0.2, 0) is 4.79 Å². The quantitative estimate of drug-likeness (QED) is 0.370. The van der Waals surface area contributed by atoms with E-state index in [-0.39, 0.29) is 30.0 Å². The second kappa shape index (κ2) is 14.8. The van der Waals surface area contributed by atoms with Crippen molar-refractivity contribution in [2.75, 3.05) is 39.9 Å². The van der Waals surface area contributed by atoms with Crippen molar-refractivity contribution < 1.29 is 28.2 Å². The number of hydrogen-bond acceptors (Lipinski definition) is 5. The molecule has 5 rings (SSSR count). The number of halogens is 4. The number of nitrogens with zero attached hydrogens (tertiary/aromatic N) is 2. The molecule has 3 aliphatic rings. The molecule has 1 saturated carbocycles. The smallest absolute Gasteiger partial charge is 0.256 e. The fourth-order valence-electron chi connectivity index (χ4n) is 5.55. The lowest BCUT2D eigenvalue weighted by atomic mass is 9.92. The van der Waals surface area contributed by atoms with Gasteiger partial charge in [-0.25, -0.2) is 8.78 Å². The fourth-order valence-corrected chi connectivity index (χ4v) is 6.10. The van der Waals surface area contributed by atoms with Crippen LogP contribution in [0.4, 0.5) is 8.78 Å². The first-order valence-electron chi connectivity index (χ1n) is 14.0. The van der Waals surface area contributed by atoms with Gasteiger partial charge in [0.25, 0.3) is 5.91 Å². The predicted octanol–water partition coefficient (Wildman–Crippen LogP) is 6.86. The van der Waals surface area contributed by atoms with Crippen molar-refractivity contribution >= 4 is 35.9 Å². The van der Waals surface area contributed by atoms with Crippen LogP contribution in [0.2, 0.25) is 10.0 Å². The van der Waals surface area contributed by atoms with Crippen LogP contribution in [0.25, 0.3) is 0 Å². The summed E-state index contributed by atoms with van der Waals surface area (Å²) in [5.41, 5.74) is 0.425. The molecule has 1 aliphatic carbocycles. The zero-order valence-corrected chi connectivity index (χ0v) is 25.5. The van der Waals surface area contributed by atoms with Crippen molar-refractivity contribution in [2.24, 2.45) is 5.92 Å². The van der Waals surface area contributed by atoms with Gasteiger partial charge in [-0.2, -0.15) is 0 Å². The van der Waals surface area contributed by atoms with Crippen LogP contribution in [0.3, 0.4) is 0 Å². The summed E-state index contributed by atoms with van der Waals surface area (Å²) in [7, 11) is 1.00. The normalized spacial score (nSPS) is 20.8. The van der Waals surface area contributed by atoms with Gasteiger partial charge in [0.15, 0.2) is 0 Å². The first-order chi connectivity index (χ1) is 19.6. The minimum absolute atomic E-state index is 0.0564. The van der Waals surface area contributed by atoms with Gasteiger partial charge in [-0.3, -0.25) is 9.69 Å². The molecule has 1 amide bonds. The van der Waals surface area contributed by atoms with Crippen molar-refractivity contribution in [1.82, 2.24) is 9.80 Å². The van der Waals surface area contributed by atoms with Gasteiger partial charge >= 0.3 is 0 Å². The highest BCUT2D eigenvalue weighted by molar-refractivity contribution is 6.34. The van der Waals surface area contributed by atoms with E-state index in [0.29, 0.717) is 60.7 Å². The Hall–Kier alpha value is -2.26. The number of aliphatic hydroxyl groups excluding tert-OH is 1. The summed E-state index contributed by atoms with van der Waals surface area (Å²) in [6.07, 6.45) is 3.51. The fraction of sp³-hybridized carbons (Fsp3) is 0.548. The summed E-state index contributed by atoms with van der Waals surface area (Å²) < 4.78 is 36.8. The van der Waals surface area contributed by atoms with E-state index in [0.717, 1.165) is 37.5 Å². The number of rotatable bonds is 7. The minimum atomic E-state index is -1.50. The molecular weight excluding hydrogens is 573 g/mol. The maximum atomic E-state index is 15.8. The van der Waals surface area contributed by atoms with Crippen LogP contribution in [-0.4, -0.2) is 73.2 Å². The third-order valence-electron chi connectivity index (χ3n) is 8.15. The average Bonchev–Trinajstić information content (AvgIpc) is 3.72. The predicted molar refractivity (Wildman–Crippen MR) is 158 cm³/mol. The highest BCUT2D eigenvalue weighted by atomic mass is 35.5. The Kier molecular flexibility index (Phi) is 12.0. The van der Waals surface area contributed by atoms with Gasteiger partial charge in [-0.05, 0) is 86.3 Å². The maximum Gasteiger partial charge on any atom is 0.256 e. The number of piperidine rings is 1. The van der Waals surface area contributed by atoms with E-state index in [4.69, 9.17) is 37.8 Å². The molecule has 10 heteroatoms. The average molecular weight is 614 g/mol. The number of amides is 1. The maximum absolute atomic E-state index is 15.8. The van der Waals surface area contributed by atoms with Crippen molar-refractivity contribution in [3.8, 4) is 5.75 Å². The molecule has 2 aliphatic heterocycles. The topological polar surface area (TPSA) is 70.1 Å². The van der Waals surface area contributed by atoms with Gasteiger partial charge in [0, 0.05) is 55.4 Å². The van der Waals surface area contributed by atoms with Gasteiger partial charge < -0.3 is 19.5 Å². The number of ether oxygens (including phenoxy) is 1. The molecule has 2 aromatic rings. The number of carbonyl (C=O) groups excluding carboxylic acids is 2. The Morgan fingerprint density at radius 1 is 1.07 bits per heavy atom. The number of aliphatic hydroxyl groups is 1. The minimum Gasteiger partial charge on any atom is -0.490 e. The van der Waals surface area contributed by atoms with Gasteiger partial charge in [0.1, 0.15) is 30.6 Å². The van der Waals surface area contributed by atoms with E-state index in [1.165, 1.54) is 6.07 Å². The summed E-state index contributed by atoms with van der Waals surface area (Å²) in [5.74, 6) is 0.173. The van der Waals surface area contributed by atoms with Crippen LogP contribution >= 0.6 is 23.2 Å². The van der Waals surface area contributed by atoms with Crippen molar-refractivity contribution in [1.29, 1.82) is 0 Å². The lowest BCUT2D eigenvalue weighted by molar-refractivity contribution is -0.0980. The molecule has 226 valence electrons. The molecule has 0 spiro atoms. The molecule has 0 radical (unpaired) electrons. The van der Waals surface area contributed by atoms with E-state index >= 15 is 8.78 Å². The highest BCUT2D eigenvalue weighted by Gasteiger charge is 2.38. The molecule has 2 unspecified atom stereocenters. The van der Waals surface area contributed by atoms with E-state index < -0.39 is 11.5 Å². The monoisotopic (exact) mass is 612 g/mol. The standard InChI is InChI=1S/C29H34Cl2F2N2O2.CH4O.CH2O/c1-18-5-8-35(16-18)28(36)25-14-24(20-3-4-20)27(15-26(25)32)37-17-29(33)6-9-34(10-7-29)19(2)21-11-22(30)13-23(31)12-21;2*1-2/h11-15,18-20H,3-10,16-17H2,1-2H3;2H,1H3;1H2. The Bertz CT molecular complexity index is 1170. The number of carbonyl (C=O) groups is 2. The van der Waals surface area contributed by atoms with E-state index in [2.05, 4.69) is 18.7 Å². The van der Waals surface area contributed by atoms with Crippen molar-refractivity contribution in [3.05, 3.63) is 62.9 Å². The second-order valence-corrected chi connectivity index (χ2v) is 12.0. The Balaban J connectivity index is 0.00000111. The molecule has 2 aromatic carbocycles. The largest absolute Gasteiger partial charge is 0.490 e. The first-order valence-corrected chi connectivity index (χ1v) is 14.8. The Morgan fingerprint density at radius 2 is 1.68 bits per heavy atom. The number of benzene rings is 2. The van der Waals surface area contributed by atoms with Gasteiger partial charge in [-0.15, -0.1) is 0 Å². The summed E-state index contributed by atoms with van der Waals surface area (Å²) in [4.78, 5) is 24.9. The molecule has 2 atom stereocenters. The third-order valence-corrected chi connectivity index (χ3v) is 8.59. The summed E-state index contributed by atoms with van der Waals surface area (Å²) in [6, 6.07) is 8.49. The molecule has 2 saturated heterocycles. The number of hydrogen-bond donors (Lipinski definition) is 1. The zero-order valence-electron chi connectivity index (χ0n) is 24.0. The van der Waals surface area contributed by atoms with Crippen LogP contribution in [0, 0.1) is 11.7 Å². The molecule has 3 fully saturated rings. The van der Waals surface area contributed by atoms with Crippen LogP contribution in [0.5, 0.6) is 5.75 Å². The molecular formula is C31H40Cl2F2N2O4. The lowest BCUT2D eigenvalue weighted by Crippen LogP contribution is -2.45. The lowest BCUT2D eigenvalue weighted by Gasteiger charge is -2.39. The first kappa shape index (κ1) is 33.2. The van der Waals surface area contributed by atoms with Crippen LogP contribution in [0.1, 0.15) is 79.4 Å². The highest BCUT2D eigenvalue weighted by Crippen LogP contribution is 2.46. The molecule has 0 bridgehead atoms. The zero-order chi connectivity index (χ0) is 30.3. The Morgan fingerprint density at radius 3 is 2.22 bits per heavy atom. The third kappa shape index (κ3) is 8.40. The molecule has 2 heterocycles. The van der Waals surface area contributed by atoms with Crippen molar-refractivity contribution in [2.45, 2.75) is 63.6 Å². The van der Waals surface area contributed by atoms with Crippen LogP contribution in [0.15, 0.2) is 30.3 Å². The van der Waals surface area contributed by atoms with E-state index in [1.807, 2.05) is 18.9 Å². The second-order valence-electron chi connectivity index (χ2n) is 11.1. The summed E-state index contributed by atoms with van der Waals surface area (Å²) >= 11 is 12.3. The number of likely N-dealkylation sites (tertiary alicyclic amines) is 2. The SMILES string of the molecule is C=O.CC1CCN(C(=O)c2cc(C3CC3)c(OCC3(F)CCN(C(C)c4cc(Cl)cc(Cl)c4)CC3)cc2F)C1.CO. The summed E-state index contributed by atoms with van der Waals surface area (Å²) in [6.45, 7) is 8.48. The van der Waals surface area contributed by atoms with E-state index in [9.17, 15) is 4.79 Å². The van der Waals surface area contributed by atoms with E-state index in [1.54, 1.807) is 17.0 Å². The van der Waals surface area contributed by atoms with Gasteiger partial charge in [0.05, 0.1) is 5.56 Å². The van der Waals surface area contributed by atoms with Crippen molar-refractivity contribution in [3.63, 3.8) is 0 Å². The molecule has 6 nitrogen and oxygen atoms in total. The molecule has 0 aromatic heterocycles. The summed E-state index contributed by atoms with van der Waals surface area (Å²) in [5, 5.41) is 8.17.